The molecule has 0 fully saturated rings. The molecule has 12 aromatic carbocycles. The average Bonchev–Trinajstić information content (AvgIpc) is 0.830. The van der Waals surface area contributed by atoms with Gasteiger partial charge in [0.1, 0.15) is 80.0 Å². The monoisotopic (exact) mass is 2160 g/mol. The lowest BCUT2D eigenvalue weighted by Crippen LogP contribution is -2.28. The van der Waals surface area contributed by atoms with Crippen LogP contribution in [0.25, 0.3) is 0 Å². The molecule has 0 heterocycles. The summed E-state index contributed by atoms with van der Waals surface area (Å²) in [5.74, 6) is 4.00. The zero-order valence-electron chi connectivity index (χ0n) is 83.6. The number of hydrogen-bond donors (Lipinski definition) is 6. The zero-order valence-corrected chi connectivity index (χ0v) is 88.1. The molecule has 0 radical (unpaired) electrons. The van der Waals surface area contributed by atoms with Crippen molar-refractivity contribution in [2.45, 2.75) is 168 Å². The first kappa shape index (κ1) is 116. The zero-order chi connectivity index (χ0) is 105. The molecule has 0 aliphatic heterocycles. The Bertz CT molecular complexity index is 5550. The summed E-state index contributed by atoms with van der Waals surface area (Å²) in [5, 5.41) is 62.8. The molecule has 0 bridgehead atoms. The van der Waals surface area contributed by atoms with E-state index in [1.807, 2.05) is 159 Å². The third kappa shape index (κ3) is 33.4. The summed E-state index contributed by atoms with van der Waals surface area (Å²) in [4.78, 5) is 69.3. The molecule has 0 aromatic heterocycles. The number of rotatable bonds is 30. The van der Waals surface area contributed by atoms with Crippen molar-refractivity contribution < 1.29 is 121 Å². The highest BCUT2D eigenvalue weighted by Gasteiger charge is 2.27. The summed E-state index contributed by atoms with van der Waals surface area (Å²) < 4.78 is 78.3. The minimum Gasteiger partial charge on any atom is -0.489 e. The van der Waals surface area contributed by atoms with Gasteiger partial charge in [-0.05, 0) is 246 Å². The van der Waals surface area contributed by atoms with Crippen LogP contribution in [0.1, 0.15) is 147 Å². The first-order chi connectivity index (χ1) is 68.4. The maximum absolute atomic E-state index is 14.2. The van der Waals surface area contributed by atoms with E-state index in [0.717, 1.165) is 138 Å². The van der Waals surface area contributed by atoms with E-state index in [9.17, 15) is 64.4 Å². The Balaban J connectivity index is 0.000000233. The summed E-state index contributed by atoms with van der Waals surface area (Å²) in [6, 6.07) is 67.5. The maximum Gasteiger partial charge on any atom is 0.438 e. The molecule has 143 heavy (non-hydrogen) atoms. The molecule has 12 aromatic rings. The molecule has 30 nitrogen and oxygen atoms in total. The Morgan fingerprint density at radius 1 is 0.287 bits per heavy atom. The molecule has 34 heteroatoms. The van der Waals surface area contributed by atoms with Crippen LogP contribution in [0.2, 0.25) is 5.02 Å². The Morgan fingerprint density at radius 2 is 0.531 bits per heavy atom. The van der Waals surface area contributed by atoms with Gasteiger partial charge in [-0.1, -0.05) is 230 Å². The predicted octanol–water partition coefficient (Wildman–Crippen LogP) is 27.1. The Labute approximate surface area is 861 Å². The molecule has 762 valence electrons. The number of carbonyl (C=O) groups excluding carboxylic acids is 6. The first-order valence-electron chi connectivity index (χ1n) is 45.5. The van der Waals surface area contributed by atoms with Crippen LogP contribution in [0.3, 0.4) is 0 Å². The number of halogens is 4. The van der Waals surface area contributed by atoms with Crippen LogP contribution in [0.15, 0.2) is 229 Å². The van der Waals surface area contributed by atoms with Crippen molar-refractivity contribution in [3.63, 3.8) is 0 Å². The van der Waals surface area contributed by atoms with Gasteiger partial charge in [0.2, 0.25) is 0 Å². The van der Waals surface area contributed by atoms with Gasteiger partial charge < -0.3 is 56.8 Å². The van der Waals surface area contributed by atoms with Crippen molar-refractivity contribution in [2.75, 3.05) is 73.0 Å². The molecule has 0 aliphatic rings. The highest BCUT2D eigenvalue weighted by Crippen LogP contribution is 2.37. The Hall–Kier alpha value is -13.8. The SMILES string of the molecule is CCc1cc(C)ccc1OCc1c(Br)cccc1N(O)C(=O)OC.CCc1cc(C)ccc1OCc1c(C)cccc1N(O)C(=O)OC.CCc1cc(C)ccc1OCc1c(Cl)cccc1N(O)C(=O)OC.CCc1cc(C)ccc1OCc1c(F)cccc1N(O)C(=O)OC.CCc1cc(C)ccc1OCc1c(I)cccc1N(O)C(=O)OC.CCc1cc(C)ccc1OCc1ccccc1N(O)C(=O)OC. The minimum atomic E-state index is -1.01. The van der Waals surface area contributed by atoms with Crippen LogP contribution >= 0.6 is 50.1 Å². The van der Waals surface area contributed by atoms with Crippen molar-refractivity contribution in [3.05, 3.63) is 349 Å². The van der Waals surface area contributed by atoms with Crippen molar-refractivity contribution in [1.29, 1.82) is 0 Å². The number of hydroxylamine groups is 6. The number of hydrogen-bond acceptors (Lipinski definition) is 24. The lowest BCUT2D eigenvalue weighted by atomic mass is 10.1. The Kier molecular flexibility index (Phi) is 47.6. The minimum absolute atomic E-state index is 0.0213. The van der Waals surface area contributed by atoms with Gasteiger partial charge in [0, 0.05) is 40.9 Å². The van der Waals surface area contributed by atoms with Crippen LogP contribution in [0, 0.1) is 57.9 Å². The second kappa shape index (κ2) is 58.6. The third-order valence-electron chi connectivity index (χ3n) is 22.0. The van der Waals surface area contributed by atoms with Crippen molar-refractivity contribution in [2.24, 2.45) is 0 Å². The van der Waals surface area contributed by atoms with E-state index >= 15 is 0 Å². The van der Waals surface area contributed by atoms with Gasteiger partial charge in [0.05, 0.1) is 82.3 Å². The van der Waals surface area contributed by atoms with Gasteiger partial charge in [-0.3, -0.25) is 31.2 Å². The quantitative estimate of drug-likeness (QED) is 0.0105. The smallest absolute Gasteiger partial charge is 0.438 e. The summed E-state index contributed by atoms with van der Waals surface area (Å²) in [5.41, 5.74) is 19.3. The van der Waals surface area contributed by atoms with E-state index in [1.54, 1.807) is 72.8 Å². The molecule has 0 saturated heterocycles. The number of methoxy groups -OCH3 is 6. The molecule has 0 atom stereocenters. The highest BCUT2D eigenvalue weighted by atomic mass is 127. The summed E-state index contributed by atoms with van der Waals surface area (Å²) >= 11 is 11.8. The van der Waals surface area contributed by atoms with E-state index in [0.29, 0.717) is 81.1 Å². The predicted molar refractivity (Wildman–Crippen MR) is 558 cm³/mol. The van der Waals surface area contributed by atoms with Crippen LogP contribution in [-0.2, 0) is 107 Å². The van der Waals surface area contributed by atoms with Gasteiger partial charge in [-0.2, -0.15) is 30.4 Å². The van der Waals surface area contributed by atoms with E-state index in [-0.39, 0.29) is 61.6 Å². The van der Waals surface area contributed by atoms with E-state index < -0.39 is 42.4 Å². The fourth-order valence-electron chi connectivity index (χ4n) is 14.2. The van der Waals surface area contributed by atoms with Gasteiger partial charge in [0.15, 0.2) is 0 Å². The molecule has 6 amide bonds. The maximum atomic E-state index is 14.2. The second-order valence-corrected chi connectivity index (χ2v) is 34.3. The van der Waals surface area contributed by atoms with E-state index in [4.69, 9.17) is 40.0 Å². The largest absolute Gasteiger partial charge is 0.489 e. The molecule has 0 aliphatic carbocycles. The summed E-state index contributed by atoms with van der Waals surface area (Å²) in [6.45, 7) is 27.3. The van der Waals surface area contributed by atoms with Crippen molar-refractivity contribution in [3.8, 4) is 34.5 Å². The third-order valence-corrected chi connectivity index (χ3v) is 24.1. The lowest BCUT2D eigenvalue weighted by molar-refractivity contribution is 0.140. The molecular weight excluding hydrogens is 2040 g/mol. The number of aryl methyl sites for hydroxylation is 13. The fourth-order valence-corrected chi connectivity index (χ4v) is 15.6. The van der Waals surface area contributed by atoms with Crippen LogP contribution in [-0.4, -0.2) is 110 Å². The van der Waals surface area contributed by atoms with Crippen molar-refractivity contribution in [1.82, 2.24) is 0 Å². The summed E-state index contributed by atoms with van der Waals surface area (Å²) in [6.07, 6.45) is -0.239. The summed E-state index contributed by atoms with van der Waals surface area (Å²) in [7, 11) is 7.17. The van der Waals surface area contributed by atoms with Crippen LogP contribution in [0.5, 0.6) is 34.5 Å². The van der Waals surface area contributed by atoms with Gasteiger partial charge in [0.25, 0.3) is 0 Å². The number of para-hydroxylation sites is 1. The van der Waals surface area contributed by atoms with E-state index in [1.165, 1.54) is 76.0 Å². The van der Waals surface area contributed by atoms with Crippen LogP contribution in [0.4, 0.5) is 67.3 Å². The first-order valence-corrected chi connectivity index (χ1v) is 47.7. The van der Waals surface area contributed by atoms with Gasteiger partial charge in [-0.25, -0.2) is 33.2 Å². The average molecular weight is 2160 g/mol. The van der Waals surface area contributed by atoms with Crippen molar-refractivity contribution >= 4 is 121 Å². The fraction of sp³-hybridized carbons (Fsp3) is 0.284. The van der Waals surface area contributed by atoms with E-state index in [2.05, 4.69) is 132 Å². The topological polar surface area (TPSA) is 354 Å². The number of amides is 6. The molecular formula is C109H124BrClFIN6O24. The number of anilines is 6. The molecule has 0 unspecified atom stereocenters. The highest BCUT2D eigenvalue weighted by molar-refractivity contribution is 14.1. The lowest BCUT2D eigenvalue weighted by Gasteiger charge is -2.20. The number of ether oxygens (including phenoxy) is 12. The Morgan fingerprint density at radius 3 is 0.874 bits per heavy atom. The molecule has 12 rings (SSSR count). The molecule has 0 spiro atoms. The normalized spacial score (nSPS) is 10.4. The molecule has 6 N–H and O–H groups in total. The standard InChI is InChI=1S/C19H23NO4.C18H20BrNO4.C18H20ClNO4.C18H20FNO4.C18H20INO4.C18H21NO4/c1-5-15-11-13(2)9-10-18(15)24-12-16-14(3)7-6-8-17(16)20(22)19(21)23-4;4*1-4-13-10-12(2)8-9-17(13)24-11-14-15(19)6-5-7-16(14)20(22)18(21)23-3;1-4-14-11-13(2)9-10-17(14)23-12-15-7-5-6-8-16(15)19(21)18(20)22-3/h6-11,22H,5,12H2,1-4H3;4*5-10,22H,4,11H2,1-3H3;5-11,21H,4,12H2,1-3H3. The van der Waals surface area contributed by atoms with Crippen LogP contribution < -0.4 is 58.8 Å². The second-order valence-electron chi connectivity index (χ2n) is 31.9. The van der Waals surface area contributed by atoms with Gasteiger partial charge in [-0.15, -0.1) is 0 Å². The van der Waals surface area contributed by atoms with Gasteiger partial charge >= 0.3 is 36.6 Å². The molecule has 0 saturated carbocycles. The number of carbonyl (C=O) groups is 6. The number of nitrogens with zero attached hydrogens (tertiary/aromatic N) is 6. The number of benzene rings is 12.